The molecule has 0 aliphatic carbocycles. The molecule has 3 aromatic rings. The fraction of sp³-hybridized carbons (Fsp3) is 0.263. The molecule has 0 bridgehead atoms. The predicted molar refractivity (Wildman–Crippen MR) is 93.9 cm³/mol. The van der Waals surface area contributed by atoms with Crippen LogP contribution in [0.3, 0.4) is 0 Å². The van der Waals surface area contributed by atoms with Crippen molar-refractivity contribution in [2.75, 3.05) is 14.2 Å². The third-order valence-corrected chi connectivity index (χ3v) is 4.00. The maximum absolute atomic E-state index is 14.0. The van der Waals surface area contributed by atoms with Crippen LogP contribution in [0.5, 0.6) is 5.75 Å². The fourth-order valence-corrected chi connectivity index (χ4v) is 2.59. The lowest BCUT2D eigenvalue weighted by Crippen LogP contribution is -2.15. The Morgan fingerprint density at radius 1 is 1.16 bits per heavy atom. The van der Waals surface area contributed by atoms with Crippen molar-refractivity contribution in [3.63, 3.8) is 0 Å². The fourth-order valence-electron chi connectivity index (χ4n) is 2.59. The van der Waals surface area contributed by atoms with Crippen molar-refractivity contribution in [1.29, 1.82) is 0 Å². The molecule has 5 nitrogen and oxygen atoms in total. The Kier molecular flexibility index (Phi) is 5.09. The first-order valence-electron chi connectivity index (χ1n) is 7.97. The van der Waals surface area contributed by atoms with Crippen molar-refractivity contribution in [2.24, 2.45) is 0 Å². The third kappa shape index (κ3) is 3.69. The van der Waals surface area contributed by atoms with Gasteiger partial charge < -0.3 is 14.0 Å². The van der Waals surface area contributed by atoms with E-state index in [1.165, 1.54) is 13.2 Å². The van der Waals surface area contributed by atoms with Crippen LogP contribution in [0.2, 0.25) is 0 Å². The third-order valence-electron chi connectivity index (χ3n) is 4.00. The average molecular weight is 341 g/mol. The molecule has 25 heavy (non-hydrogen) atoms. The summed E-state index contributed by atoms with van der Waals surface area (Å²) in [5.74, 6) is 0.548. The summed E-state index contributed by atoms with van der Waals surface area (Å²) >= 11 is 0. The van der Waals surface area contributed by atoms with E-state index in [0.29, 0.717) is 17.8 Å². The molecule has 0 saturated carbocycles. The number of benzene rings is 1. The van der Waals surface area contributed by atoms with E-state index in [4.69, 9.17) is 9.47 Å². The SMILES string of the molecule is COc1ccc(-c2cccc(-c3nccn3CC(C)OC)n2)cc1F. The molecule has 130 valence electrons. The lowest BCUT2D eigenvalue weighted by Gasteiger charge is -2.13. The van der Waals surface area contributed by atoms with Crippen molar-refractivity contribution in [3.8, 4) is 28.5 Å². The Bertz CT molecular complexity index is 863. The highest BCUT2D eigenvalue weighted by Gasteiger charge is 2.12. The number of nitrogens with zero attached hydrogens (tertiary/aromatic N) is 3. The molecule has 0 saturated heterocycles. The number of pyridine rings is 1. The van der Waals surface area contributed by atoms with Crippen molar-refractivity contribution in [3.05, 3.63) is 54.6 Å². The zero-order valence-electron chi connectivity index (χ0n) is 14.4. The summed E-state index contributed by atoms with van der Waals surface area (Å²) in [5, 5.41) is 0. The minimum atomic E-state index is -0.414. The Labute approximate surface area is 146 Å². The number of methoxy groups -OCH3 is 2. The molecule has 6 heteroatoms. The summed E-state index contributed by atoms with van der Waals surface area (Å²) in [7, 11) is 3.12. The molecule has 0 N–H and O–H groups in total. The van der Waals surface area contributed by atoms with E-state index >= 15 is 0 Å². The van der Waals surface area contributed by atoms with Crippen molar-refractivity contribution < 1.29 is 13.9 Å². The zero-order chi connectivity index (χ0) is 17.8. The molecule has 0 spiro atoms. The van der Waals surface area contributed by atoms with E-state index in [1.807, 2.05) is 35.9 Å². The van der Waals surface area contributed by atoms with Gasteiger partial charge in [0, 0.05) is 25.1 Å². The van der Waals surface area contributed by atoms with Crippen LogP contribution in [-0.2, 0) is 11.3 Å². The minimum absolute atomic E-state index is 0.0619. The molecule has 2 aromatic heterocycles. The van der Waals surface area contributed by atoms with Gasteiger partial charge in [-0.15, -0.1) is 0 Å². The number of hydrogen-bond acceptors (Lipinski definition) is 4. The number of ether oxygens (including phenoxy) is 2. The van der Waals surface area contributed by atoms with Crippen LogP contribution in [0.4, 0.5) is 4.39 Å². The Hall–Kier alpha value is -2.73. The molecule has 0 amide bonds. The van der Waals surface area contributed by atoms with Gasteiger partial charge in [0.2, 0.25) is 0 Å². The average Bonchev–Trinajstić information content (AvgIpc) is 3.09. The number of hydrogen-bond donors (Lipinski definition) is 0. The molecular weight excluding hydrogens is 321 g/mol. The molecule has 2 heterocycles. The Morgan fingerprint density at radius 2 is 1.96 bits per heavy atom. The van der Waals surface area contributed by atoms with Crippen LogP contribution in [0.15, 0.2) is 48.8 Å². The first kappa shape index (κ1) is 17.1. The maximum Gasteiger partial charge on any atom is 0.165 e. The highest BCUT2D eigenvalue weighted by Crippen LogP contribution is 2.26. The molecule has 0 fully saturated rings. The van der Waals surface area contributed by atoms with Gasteiger partial charge in [-0.3, -0.25) is 0 Å². The largest absolute Gasteiger partial charge is 0.494 e. The van der Waals surface area contributed by atoms with Crippen LogP contribution in [-0.4, -0.2) is 34.9 Å². The van der Waals surface area contributed by atoms with Gasteiger partial charge in [-0.1, -0.05) is 6.07 Å². The molecule has 3 rings (SSSR count). The summed E-state index contributed by atoms with van der Waals surface area (Å²) in [6, 6.07) is 10.4. The van der Waals surface area contributed by atoms with Gasteiger partial charge in [0.1, 0.15) is 5.69 Å². The lowest BCUT2D eigenvalue weighted by atomic mass is 10.1. The second-order valence-electron chi connectivity index (χ2n) is 5.71. The smallest absolute Gasteiger partial charge is 0.165 e. The highest BCUT2D eigenvalue weighted by atomic mass is 19.1. The number of aromatic nitrogens is 3. The maximum atomic E-state index is 14.0. The first-order valence-corrected chi connectivity index (χ1v) is 7.97. The first-order chi connectivity index (χ1) is 12.1. The van der Waals surface area contributed by atoms with Crippen molar-refractivity contribution in [1.82, 2.24) is 14.5 Å². The highest BCUT2D eigenvalue weighted by molar-refractivity contribution is 5.64. The molecule has 0 aliphatic rings. The van der Waals surface area contributed by atoms with Gasteiger partial charge in [0.05, 0.1) is 25.5 Å². The van der Waals surface area contributed by atoms with Gasteiger partial charge in [-0.25, -0.2) is 14.4 Å². The van der Waals surface area contributed by atoms with Gasteiger partial charge in [-0.2, -0.15) is 0 Å². The Morgan fingerprint density at radius 3 is 2.68 bits per heavy atom. The van der Waals surface area contributed by atoms with E-state index in [9.17, 15) is 4.39 Å². The van der Waals surface area contributed by atoms with Gasteiger partial charge in [0.15, 0.2) is 17.4 Å². The molecule has 0 radical (unpaired) electrons. The Balaban J connectivity index is 1.95. The zero-order valence-corrected chi connectivity index (χ0v) is 14.4. The van der Waals surface area contributed by atoms with E-state index in [2.05, 4.69) is 9.97 Å². The lowest BCUT2D eigenvalue weighted by molar-refractivity contribution is 0.103. The standard InChI is InChI=1S/C19H20FN3O2/c1-13(24-2)12-23-10-9-21-19(23)17-6-4-5-16(22-17)14-7-8-18(25-3)15(20)11-14/h4-11,13H,12H2,1-3H3. The summed E-state index contributed by atoms with van der Waals surface area (Å²) in [5.41, 5.74) is 2.08. The second kappa shape index (κ2) is 7.44. The molecule has 1 aromatic carbocycles. The second-order valence-corrected chi connectivity index (χ2v) is 5.71. The number of imidazole rings is 1. The van der Waals surface area contributed by atoms with Crippen LogP contribution < -0.4 is 4.74 Å². The minimum Gasteiger partial charge on any atom is -0.494 e. The van der Waals surface area contributed by atoms with E-state index in [0.717, 1.165) is 11.5 Å². The van der Waals surface area contributed by atoms with Gasteiger partial charge >= 0.3 is 0 Å². The number of halogens is 1. The molecule has 0 aliphatic heterocycles. The quantitative estimate of drug-likeness (QED) is 0.684. The summed E-state index contributed by atoms with van der Waals surface area (Å²) in [6.45, 7) is 2.67. The topological polar surface area (TPSA) is 49.2 Å². The van der Waals surface area contributed by atoms with Crippen LogP contribution in [0, 0.1) is 5.82 Å². The number of rotatable bonds is 6. The van der Waals surface area contributed by atoms with Gasteiger partial charge in [-0.05, 0) is 37.3 Å². The summed E-state index contributed by atoms with van der Waals surface area (Å²) in [6.07, 6.45) is 3.69. The summed E-state index contributed by atoms with van der Waals surface area (Å²) in [4.78, 5) is 9.05. The normalized spacial score (nSPS) is 12.2. The van der Waals surface area contributed by atoms with Crippen LogP contribution in [0.1, 0.15) is 6.92 Å². The molecule has 1 atom stereocenters. The van der Waals surface area contributed by atoms with Crippen molar-refractivity contribution in [2.45, 2.75) is 19.6 Å². The van der Waals surface area contributed by atoms with E-state index < -0.39 is 5.82 Å². The summed E-state index contributed by atoms with van der Waals surface area (Å²) < 4.78 is 26.2. The van der Waals surface area contributed by atoms with Gasteiger partial charge in [0.25, 0.3) is 0 Å². The van der Waals surface area contributed by atoms with Crippen molar-refractivity contribution >= 4 is 0 Å². The molecular formula is C19H20FN3O2. The van der Waals surface area contributed by atoms with E-state index in [1.54, 1.807) is 25.4 Å². The van der Waals surface area contributed by atoms with Crippen LogP contribution >= 0.6 is 0 Å². The monoisotopic (exact) mass is 341 g/mol. The van der Waals surface area contributed by atoms with E-state index in [-0.39, 0.29) is 11.9 Å². The molecule has 1 unspecified atom stereocenters. The predicted octanol–water partition coefficient (Wildman–Crippen LogP) is 3.79. The van der Waals surface area contributed by atoms with Crippen LogP contribution in [0.25, 0.3) is 22.8 Å².